The number of hydrogen-bond donors (Lipinski definition) is 2. The van der Waals surface area contributed by atoms with Crippen LogP contribution in [0.5, 0.6) is 0 Å². The van der Waals surface area contributed by atoms with Gasteiger partial charge >= 0.3 is 0 Å². The number of amides is 1. The fraction of sp³-hybridized carbons (Fsp3) is 0.250. The molecular formula is C20H22N4O4S2. The molecule has 0 aliphatic heterocycles. The zero-order chi connectivity index (χ0) is 21.7. The SMILES string of the molecule is CCCCn1c(SCC(=O)Nc2ccc(S(N)(=O)=O)cc2)nc2ccccc2c1=O. The Kier molecular flexibility index (Phi) is 6.91. The fourth-order valence-electron chi connectivity index (χ4n) is 2.83. The monoisotopic (exact) mass is 446 g/mol. The van der Waals surface area contributed by atoms with Crippen LogP contribution in [-0.2, 0) is 21.4 Å². The van der Waals surface area contributed by atoms with Crippen LogP contribution in [0.15, 0.2) is 63.4 Å². The van der Waals surface area contributed by atoms with Crippen LogP contribution >= 0.6 is 11.8 Å². The average molecular weight is 447 g/mol. The molecule has 1 amide bonds. The number of carbonyl (C=O) groups is 1. The van der Waals surface area contributed by atoms with Gasteiger partial charge in [0.1, 0.15) is 0 Å². The molecule has 30 heavy (non-hydrogen) atoms. The maximum absolute atomic E-state index is 12.9. The number of nitrogens with two attached hydrogens (primary N) is 1. The first-order valence-electron chi connectivity index (χ1n) is 9.34. The lowest BCUT2D eigenvalue weighted by atomic mass is 10.2. The molecule has 158 valence electrons. The molecule has 0 radical (unpaired) electrons. The third-order valence-corrected chi connectivity index (χ3v) is 6.27. The number of carbonyl (C=O) groups excluding carboxylic acids is 1. The summed E-state index contributed by atoms with van der Waals surface area (Å²) in [4.78, 5) is 29.7. The molecule has 1 heterocycles. The highest BCUT2D eigenvalue weighted by molar-refractivity contribution is 7.99. The molecule has 3 N–H and O–H groups in total. The highest BCUT2D eigenvalue weighted by atomic mass is 32.2. The van der Waals surface area contributed by atoms with Gasteiger partial charge in [0.25, 0.3) is 5.56 Å². The lowest BCUT2D eigenvalue weighted by molar-refractivity contribution is -0.113. The van der Waals surface area contributed by atoms with Crippen LogP contribution in [-0.4, -0.2) is 29.6 Å². The number of para-hydroxylation sites is 1. The summed E-state index contributed by atoms with van der Waals surface area (Å²) in [5.41, 5.74) is 0.926. The number of primary sulfonamides is 1. The molecule has 3 aromatic rings. The van der Waals surface area contributed by atoms with E-state index < -0.39 is 10.0 Å². The van der Waals surface area contributed by atoms with Gasteiger partial charge in [-0.05, 0) is 42.8 Å². The Morgan fingerprint density at radius 2 is 1.87 bits per heavy atom. The summed E-state index contributed by atoms with van der Waals surface area (Å²) in [6.07, 6.45) is 1.76. The predicted octanol–water partition coefficient (Wildman–Crippen LogP) is 2.57. The standard InChI is InChI=1S/C20H22N4O4S2/c1-2-3-12-24-19(26)16-6-4-5-7-17(16)23-20(24)29-13-18(25)22-14-8-10-15(11-9-14)30(21,27)28/h4-11H,2-3,12-13H2,1H3,(H,22,25)(H2,21,27,28). The van der Waals surface area contributed by atoms with E-state index in [2.05, 4.69) is 10.3 Å². The lowest BCUT2D eigenvalue weighted by Crippen LogP contribution is -2.24. The number of nitrogens with one attached hydrogen (secondary N) is 1. The molecule has 0 aliphatic rings. The number of fused-ring (bicyclic) bond motifs is 1. The van der Waals surface area contributed by atoms with E-state index in [-0.39, 0.29) is 22.1 Å². The molecule has 0 saturated heterocycles. The van der Waals surface area contributed by atoms with Crippen molar-refractivity contribution in [2.24, 2.45) is 5.14 Å². The van der Waals surface area contributed by atoms with Crippen LogP contribution in [0, 0.1) is 0 Å². The quantitative estimate of drug-likeness (QED) is 0.405. The van der Waals surface area contributed by atoms with Crippen LogP contribution in [0.2, 0.25) is 0 Å². The Labute approximate surface area is 178 Å². The maximum Gasteiger partial charge on any atom is 0.262 e. The number of benzene rings is 2. The van der Waals surface area contributed by atoms with E-state index in [1.54, 1.807) is 22.8 Å². The largest absolute Gasteiger partial charge is 0.325 e. The van der Waals surface area contributed by atoms with E-state index in [0.29, 0.717) is 28.3 Å². The smallest absolute Gasteiger partial charge is 0.262 e. The molecule has 0 saturated carbocycles. The van der Waals surface area contributed by atoms with Gasteiger partial charge in [-0.2, -0.15) is 0 Å². The van der Waals surface area contributed by atoms with Crippen molar-refractivity contribution in [1.82, 2.24) is 9.55 Å². The summed E-state index contributed by atoms with van der Waals surface area (Å²) in [7, 11) is -3.79. The summed E-state index contributed by atoms with van der Waals surface area (Å²) in [6.45, 7) is 2.58. The van der Waals surface area contributed by atoms with Gasteiger partial charge < -0.3 is 5.32 Å². The average Bonchev–Trinajstić information content (AvgIpc) is 2.71. The van der Waals surface area contributed by atoms with Crippen LogP contribution in [0.25, 0.3) is 10.9 Å². The molecular weight excluding hydrogens is 424 g/mol. The number of rotatable bonds is 8. The molecule has 0 spiro atoms. The van der Waals surface area contributed by atoms with E-state index in [1.165, 1.54) is 36.0 Å². The van der Waals surface area contributed by atoms with Crippen LogP contribution in [0.4, 0.5) is 5.69 Å². The molecule has 0 aliphatic carbocycles. The number of sulfonamides is 1. The normalized spacial score (nSPS) is 11.5. The van der Waals surface area contributed by atoms with E-state index in [0.717, 1.165) is 12.8 Å². The first-order chi connectivity index (χ1) is 14.3. The van der Waals surface area contributed by atoms with Crippen LogP contribution in [0.1, 0.15) is 19.8 Å². The van der Waals surface area contributed by atoms with Crippen LogP contribution < -0.4 is 16.0 Å². The van der Waals surface area contributed by atoms with Crippen molar-refractivity contribution in [1.29, 1.82) is 0 Å². The topological polar surface area (TPSA) is 124 Å². The Hall–Kier alpha value is -2.69. The number of hydrogen-bond acceptors (Lipinski definition) is 6. The molecule has 0 fully saturated rings. The van der Waals surface area contributed by atoms with Crippen molar-refractivity contribution in [3.63, 3.8) is 0 Å². The Balaban J connectivity index is 1.75. The minimum atomic E-state index is -3.79. The van der Waals surface area contributed by atoms with E-state index in [1.807, 2.05) is 13.0 Å². The van der Waals surface area contributed by atoms with Crippen molar-refractivity contribution in [3.8, 4) is 0 Å². The van der Waals surface area contributed by atoms with Crippen molar-refractivity contribution < 1.29 is 13.2 Å². The van der Waals surface area contributed by atoms with E-state index in [9.17, 15) is 18.0 Å². The third-order valence-electron chi connectivity index (χ3n) is 4.36. The minimum absolute atomic E-state index is 0.0322. The molecule has 0 atom stereocenters. The summed E-state index contributed by atoms with van der Waals surface area (Å²) < 4.78 is 24.2. The zero-order valence-electron chi connectivity index (χ0n) is 16.4. The molecule has 0 unspecified atom stereocenters. The summed E-state index contributed by atoms with van der Waals surface area (Å²) in [6, 6.07) is 12.7. The van der Waals surface area contributed by atoms with Gasteiger partial charge in [-0.25, -0.2) is 18.5 Å². The van der Waals surface area contributed by atoms with Gasteiger partial charge in [-0.3, -0.25) is 14.2 Å². The van der Waals surface area contributed by atoms with Gasteiger partial charge in [0, 0.05) is 12.2 Å². The second-order valence-corrected chi connectivity index (χ2v) is 9.13. The van der Waals surface area contributed by atoms with E-state index in [4.69, 9.17) is 5.14 Å². The van der Waals surface area contributed by atoms with Crippen molar-refractivity contribution >= 4 is 44.3 Å². The molecule has 8 nitrogen and oxygen atoms in total. The molecule has 3 rings (SSSR count). The Bertz CT molecular complexity index is 1220. The van der Waals surface area contributed by atoms with Gasteiger partial charge in [-0.1, -0.05) is 37.2 Å². The second-order valence-electron chi connectivity index (χ2n) is 6.63. The van der Waals surface area contributed by atoms with Crippen LogP contribution in [0.3, 0.4) is 0 Å². The highest BCUT2D eigenvalue weighted by Crippen LogP contribution is 2.19. The second kappa shape index (κ2) is 9.41. The zero-order valence-corrected chi connectivity index (χ0v) is 18.0. The van der Waals surface area contributed by atoms with Gasteiger partial charge in [0.15, 0.2) is 5.16 Å². The fourth-order valence-corrected chi connectivity index (χ4v) is 4.17. The number of unbranched alkanes of at least 4 members (excludes halogenated alkanes) is 1. The van der Waals surface area contributed by atoms with Crippen molar-refractivity contribution in [3.05, 3.63) is 58.9 Å². The number of nitrogens with zero attached hydrogens (tertiary/aromatic N) is 2. The highest BCUT2D eigenvalue weighted by Gasteiger charge is 2.13. The van der Waals surface area contributed by atoms with Gasteiger partial charge in [0.05, 0.1) is 21.6 Å². The maximum atomic E-state index is 12.9. The lowest BCUT2D eigenvalue weighted by Gasteiger charge is -2.13. The van der Waals surface area contributed by atoms with Gasteiger partial charge in [-0.15, -0.1) is 0 Å². The first kappa shape index (κ1) is 22.0. The van der Waals surface area contributed by atoms with E-state index >= 15 is 0 Å². The molecule has 1 aromatic heterocycles. The number of aromatic nitrogens is 2. The summed E-state index contributed by atoms with van der Waals surface area (Å²) >= 11 is 1.19. The summed E-state index contributed by atoms with van der Waals surface area (Å²) in [5, 5.41) is 8.81. The summed E-state index contributed by atoms with van der Waals surface area (Å²) in [5.74, 6) is -0.249. The Morgan fingerprint density at radius 1 is 1.17 bits per heavy atom. The predicted molar refractivity (Wildman–Crippen MR) is 118 cm³/mol. The van der Waals surface area contributed by atoms with Crippen molar-refractivity contribution in [2.45, 2.75) is 36.4 Å². The van der Waals surface area contributed by atoms with Gasteiger partial charge in [0.2, 0.25) is 15.9 Å². The Morgan fingerprint density at radius 3 is 2.53 bits per heavy atom. The molecule has 10 heteroatoms. The number of anilines is 1. The number of thioether (sulfide) groups is 1. The minimum Gasteiger partial charge on any atom is -0.325 e. The third kappa shape index (κ3) is 5.26. The van der Waals surface area contributed by atoms with Crippen molar-refractivity contribution in [2.75, 3.05) is 11.1 Å². The molecule has 0 bridgehead atoms. The first-order valence-corrected chi connectivity index (χ1v) is 11.9. The molecule has 2 aromatic carbocycles.